The molecule has 0 saturated heterocycles. The van der Waals surface area contributed by atoms with Crippen LogP contribution in [0.3, 0.4) is 0 Å². The quantitative estimate of drug-likeness (QED) is 0.289. The summed E-state index contributed by atoms with van der Waals surface area (Å²) in [6.07, 6.45) is 1.60. The molecule has 0 aliphatic rings. The Labute approximate surface area is 197 Å². The van der Waals surface area contributed by atoms with Crippen molar-refractivity contribution in [1.82, 2.24) is 15.3 Å². The number of carbonyl (C=O) groups excluding carboxylic acids is 1. The number of H-pyrrole nitrogens is 2. The number of hydrogen-bond donors (Lipinski definition) is 4. The molecule has 1 amide bonds. The summed E-state index contributed by atoms with van der Waals surface area (Å²) in [4.78, 5) is 29.3. The van der Waals surface area contributed by atoms with E-state index in [0.29, 0.717) is 17.6 Å². The molecule has 8 nitrogen and oxygen atoms in total. The molecule has 4 N–H and O–H groups in total. The van der Waals surface area contributed by atoms with Gasteiger partial charge in [-0.05, 0) is 68.1 Å². The first-order valence-electron chi connectivity index (χ1n) is 10.9. The molecule has 4 rings (SSSR count). The Hall–Kier alpha value is -3.85. The highest BCUT2D eigenvalue weighted by Crippen LogP contribution is 2.22. The van der Waals surface area contributed by atoms with E-state index in [1.54, 1.807) is 24.3 Å². The molecule has 0 spiro atoms. The maximum atomic E-state index is 13.0. The van der Waals surface area contributed by atoms with Gasteiger partial charge in [-0.15, -0.1) is 0 Å². The summed E-state index contributed by atoms with van der Waals surface area (Å²) in [7, 11) is -3.99. The van der Waals surface area contributed by atoms with E-state index >= 15 is 0 Å². The van der Waals surface area contributed by atoms with Gasteiger partial charge in [-0.1, -0.05) is 35.9 Å². The highest BCUT2D eigenvalue weighted by Gasteiger charge is 2.19. The van der Waals surface area contributed by atoms with Crippen LogP contribution >= 0.6 is 0 Å². The molecule has 0 aliphatic carbocycles. The lowest BCUT2D eigenvalue weighted by Crippen LogP contribution is -2.26. The second-order valence-electron chi connectivity index (χ2n) is 8.23. The Morgan fingerprint density at radius 2 is 1.71 bits per heavy atom. The van der Waals surface area contributed by atoms with Crippen LogP contribution in [0.25, 0.3) is 11.0 Å². The van der Waals surface area contributed by atoms with E-state index in [1.165, 1.54) is 34.9 Å². The predicted molar refractivity (Wildman–Crippen MR) is 133 cm³/mol. The van der Waals surface area contributed by atoms with Crippen molar-refractivity contribution in [3.05, 3.63) is 93.4 Å². The van der Waals surface area contributed by atoms with Crippen molar-refractivity contribution in [2.75, 3.05) is 11.3 Å². The van der Waals surface area contributed by atoms with Crippen molar-refractivity contribution in [3.8, 4) is 0 Å². The Morgan fingerprint density at radius 1 is 0.941 bits per heavy atom. The summed E-state index contributed by atoms with van der Waals surface area (Å²) in [5.41, 5.74) is 4.56. The van der Waals surface area contributed by atoms with Crippen LogP contribution in [0, 0.1) is 13.8 Å². The molecule has 3 aromatic carbocycles. The number of aromatic amines is 2. The van der Waals surface area contributed by atoms with Crippen LogP contribution in [0.2, 0.25) is 0 Å². The van der Waals surface area contributed by atoms with Gasteiger partial charge in [0.25, 0.3) is 15.9 Å². The Bertz CT molecular complexity index is 1520. The number of imidazole rings is 1. The van der Waals surface area contributed by atoms with Crippen LogP contribution in [-0.4, -0.2) is 30.8 Å². The number of hydrogen-bond acceptors (Lipinski definition) is 4. The van der Waals surface area contributed by atoms with Crippen LogP contribution in [0.1, 0.15) is 33.5 Å². The molecule has 176 valence electrons. The third-order valence-electron chi connectivity index (χ3n) is 5.62. The number of aryl methyl sites for hydroxylation is 3. The van der Waals surface area contributed by atoms with Crippen molar-refractivity contribution in [2.24, 2.45) is 0 Å². The van der Waals surface area contributed by atoms with E-state index in [2.05, 4.69) is 52.1 Å². The monoisotopic (exact) mass is 478 g/mol. The van der Waals surface area contributed by atoms with E-state index < -0.39 is 15.7 Å². The number of aromatic nitrogens is 2. The molecule has 0 radical (unpaired) electrons. The average molecular weight is 479 g/mol. The number of amides is 1. The van der Waals surface area contributed by atoms with Crippen LogP contribution in [0.5, 0.6) is 0 Å². The number of para-hydroxylation sites is 1. The summed E-state index contributed by atoms with van der Waals surface area (Å²) < 4.78 is 28.4. The third kappa shape index (κ3) is 5.20. The fraction of sp³-hybridized carbons (Fsp3) is 0.200. The predicted octanol–water partition coefficient (Wildman–Crippen LogP) is 3.64. The van der Waals surface area contributed by atoms with Gasteiger partial charge in [0.2, 0.25) is 0 Å². The van der Waals surface area contributed by atoms with E-state index in [-0.39, 0.29) is 22.1 Å². The van der Waals surface area contributed by atoms with Gasteiger partial charge in [0.05, 0.1) is 27.2 Å². The van der Waals surface area contributed by atoms with Gasteiger partial charge in [0.1, 0.15) is 0 Å². The van der Waals surface area contributed by atoms with Gasteiger partial charge in [0, 0.05) is 6.54 Å². The summed E-state index contributed by atoms with van der Waals surface area (Å²) in [6.45, 7) is 4.60. The summed E-state index contributed by atoms with van der Waals surface area (Å²) in [5, 5.41) is 2.88. The second-order valence-corrected chi connectivity index (χ2v) is 9.91. The fourth-order valence-electron chi connectivity index (χ4n) is 3.85. The van der Waals surface area contributed by atoms with E-state index in [9.17, 15) is 18.0 Å². The molecule has 4 aromatic rings. The minimum atomic E-state index is -3.99. The van der Waals surface area contributed by atoms with Gasteiger partial charge in [-0.2, -0.15) is 0 Å². The third-order valence-corrected chi connectivity index (χ3v) is 6.98. The second kappa shape index (κ2) is 9.56. The summed E-state index contributed by atoms with van der Waals surface area (Å²) in [6, 6.07) is 17.0. The zero-order valence-corrected chi connectivity index (χ0v) is 19.8. The number of sulfonamides is 1. The number of fused-ring (bicyclic) bond motifs is 1. The van der Waals surface area contributed by atoms with Crippen LogP contribution in [0.4, 0.5) is 5.69 Å². The molecule has 1 aromatic heterocycles. The molecule has 0 fully saturated rings. The minimum absolute atomic E-state index is 0.0288. The number of rotatable bonds is 8. The van der Waals surface area contributed by atoms with Crippen molar-refractivity contribution in [2.45, 2.75) is 31.6 Å². The largest absolute Gasteiger partial charge is 0.352 e. The van der Waals surface area contributed by atoms with E-state index in [4.69, 9.17) is 0 Å². The van der Waals surface area contributed by atoms with Crippen molar-refractivity contribution in [3.63, 3.8) is 0 Å². The molecule has 0 atom stereocenters. The number of nitrogens with one attached hydrogen (secondary N) is 4. The van der Waals surface area contributed by atoms with Gasteiger partial charge >= 0.3 is 5.69 Å². The average Bonchev–Trinajstić information content (AvgIpc) is 3.17. The molecule has 34 heavy (non-hydrogen) atoms. The van der Waals surface area contributed by atoms with E-state index in [0.717, 1.165) is 12.8 Å². The Balaban J connectivity index is 1.44. The van der Waals surface area contributed by atoms with Gasteiger partial charge in [0.15, 0.2) is 0 Å². The first-order chi connectivity index (χ1) is 16.2. The van der Waals surface area contributed by atoms with Crippen LogP contribution in [-0.2, 0) is 16.4 Å². The first-order valence-corrected chi connectivity index (χ1v) is 12.4. The first kappa shape index (κ1) is 23.3. The van der Waals surface area contributed by atoms with Gasteiger partial charge in [-0.3, -0.25) is 9.52 Å². The lowest BCUT2D eigenvalue weighted by Gasteiger charge is -2.13. The summed E-state index contributed by atoms with van der Waals surface area (Å²) >= 11 is 0. The fourth-order valence-corrected chi connectivity index (χ4v) is 4.96. The zero-order valence-electron chi connectivity index (χ0n) is 18.9. The van der Waals surface area contributed by atoms with Crippen LogP contribution < -0.4 is 15.7 Å². The standard InChI is InChI=1S/C25H26N4O4S/c1-16-9-10-18(17(2)14-16)6-5-13-26-24(30)20-7-3-4-8-21(20)29-34(32,33)19-11-12-22-23(15-19)28-25(31)27-22/h3-4,7-12,14-15,29H,5-6,13H2,1-2H3,(H,26,30)(H2,27,28,31). The molecule has 9 heteroatoms. The lowest BCUT2D eigenvalue weighted by molar-refractivity contribution is 0.0954. The molecular weight excluding hydrogens is 452 g/mol. The topological polar surface area (TPSA) is 124 Å². The van der Waals surface area contributed by atoms with Gasteiger partial charge in [-0.25, -0.2) is 13.2 Å². The maximum Gasteiger partial charge on any atom is 0.323 e. The molecular formula is C25H26N4O4S. The molecule has 0 saturated carbocycles. The number of anilines is 1. The smallest absolute Gasteiger partial charge is 0.323 e. The van der Waals surface area contributed by atoms with Crippen molar-refractivity contribution in [1.29, 1.82) is 0 Å². The highest BCUT2D eigenvalue weighted by molar-refractivity contribution is 7.92. The zero-order chi connectivity index (χ0) is 24.3. The van der Waals surface area contributed by atoms with Gasteiger partial charge < -0.3 is 15.3 Å². The maximum absolute atomic E-state index is 13.0. The highest BCUT2D eigenvalue weighted by atomic mass is 32.2. The van der Waals surface area contributed by atoms with Crippen molar-refractivity contribution < 1.29 is 13.2 Å². The SMILES string of the molecule is Cc1ccc(CCCNC(=O)c2ccccc2NS(=O)(=O)c2ccc3[nH]c(=O)[nH]c3c2)c(C)c1. The number of carbonyl (C=O) groups is 1. The molecule has 0 unspecified atom stereocenters. The molecule has 0 bridgehead atoms. The minimum Gasteiger partial charge on any atom is -0.352 e. The molecule has 0 aliphatic heterocycles. The normalized spacial score (nSPS) is 11.5. The Morgan fingerprint density at radius 3 is 2.50 bits per heavy atom. The van der Waals surface area contributed by atoms with Crippen molar-refractivity contribution >= 4 is 32.7 Å². The Kier molecular flexibility index (Phi) is 6.56. The number of benzene rings is 3. The summed E-state index contributed by atoms with van der Waals surface area (Å²) in [5.74, 6) is -0.357. The molecule has 1 heterocycles. The van der Waals surface area contributed by atoms with E-state index in [1.807, 2.05) is 0 Å². The van der Waals surface area contributed by atoms with Crippen LogP contribution in [0.15, 0.2) is 70.4 Å². The lowest BCUT2D eigenvalue weighted by atomic mass is 10.0.